The lowest BCUT2D eigenvalue weighted by atomic mass is 9.93. The van der Waals surface area contributed by atoms with Crippen LogP contribution in [0.4, 0.5) is 5.69 Å². The summed E-state index contributed by atoms with van der Waals surface area (Å²) >= 11 is 0. The van der Waals surface area contributed by atoms with Crippen molar-refractivity contribution in [3.63, 3.8) is 0 Å². The first-order valence-corrected chi connectivity index (χ1v) is 14.2. The summed E-state index contributed by atoms with van der Waals surface area (Å²) in [7, 11) is 1.64. The number of ether oxygens (including phenoxy) is 2. The third-order valence-electron chi connectivity index (χ3n) is 7.47. The third kappa shape index (κ3) is 7.86. The molecule has 0 spiro atoms. The average molecular weight is 560 g/mol. The van der Waals surface area contributed by atoms with Crippen molar-refractivity contribution in [2.24, 2.45) is 0 Å². The van der Waals surface area contributed by atoms with Crippen LogP contribution in [0.25, 0.3) is 0 Å². The predicted molar refractivity (Wildman–Crippen MR) is 161 cm³/mol. The molecule has 0 saturated carbocycles. The van der Waals surface area contributed by atoms with Crippen LogP contribution >= 0.6 is 0 Å². The number of hydrogen-bond acceptors (Lipinski definition) is 6. The van der Waals surface area contributed by atoms with Gasteiger partial charge in [-0.2, -0.15) is 0 Å². The second-order valence-corrected chi connectivity index (χ2v) is 10.9. The minimum atomic E-state index is -0.890. The number of anilines is 1. The average Bonchev–Trinajstić information content (AvgIpc) is 3.42. The molecule has 0 radical (unpaired) electrons. The molecule has 1 fully saturated rings. The van der Waals surface area contributed by atoms with Crippen molar-refractivity contribution < 1.29 is 24.2 Å². The number of aliphatic hydroxyl groups excluding tert-OH is 1. The fourth-order valence-electron chi connectivity index (χ4n) is 5.06. The Bertz CT molecular complexity index is 1330. The summed E-state index contributed by atoms with van der Waals surface area (Å²) in [6, 6.07) is 22.2. The molecule has 3 aromatic rings. The Kier molecular flexibility index (Phi) is 10.0. The molecule has 4 rings (SSSR count). The van der Waals surface area contributed by atoms with Gasteiger partial charge in [0.15, 0.2) is 0 Å². The highest BCUT2D eigenvalue weighted by atomic mass is 16.5. The fourth-order valence-corrected chi connectivity index (χ4v) is 5.06. The Morgan fingerprint density at radius 3 is 2.51 bits per heavy atom. The van der Waals surface area contributed by atoms with Crippen molar-refractivity contribution in [3.8, 4) is 11.5 Å². The van der Waals surface area contributed by atoms with Gasteiger partial charge in [-0.25, -0.2) is 0 Å². The van der Waals surface area contributed by atoms with Gasteiger partial charge in [0.2, 0.25) is 5.91 Å². The maximum Gasteiger partial charge on any atom is 0.251 e. The number of rotatable bonds is 13. The lowest BCUT2D eigenvalue weighted by Crippen LogP contribution is -2.51. The quantitative estimate of drug-likeness (QED) is 0.286. The topological polar surface area (TPSA) is 100 Å². The van der Waals surface area contributed by atoms with Crippen LogP contribution in [0.2, 0.25) is 0 Å². The van der Waals surface area contributed by atoms with E-state index in [4.69, 9.17) is 9.47 Å². The summed E-state index contributed by atoms with van der Waals surface area (Å²) < 4.78 is 11.1. The molecular weight excluding hydrogens is 518 g/mol. The van der Waals surface area contributed by atoms with Crippen LogP contribution in [0.3, 0.4) is 0 Å². The van der Waals surface area contributed by atoms with Crippen LogP contribution < -0.4 is 25.0 Å². The monoisotopic (exact) mass is 559 g/mol. The summed E-state index contributed by atoms with van der Waals surface area (Å²) in [5.41, 5.74) is 2.57. The number of amides is 2. The highest BCUT2D eigenvalue weighted by Crippen LogP contribution is 2.28. The first-order valence-electron chi connectivity index (χ1n) is 14.2. The number of carbonyl (C=O) groups excluding carboxylic acids is 2. The number of nitrogens with zero attached hydrogens (tertiary/aromatic N) is 1. The predicted octanol–water partition coefficient (Wildman–Crippen LogP) is 4.45. The number of nitrogens with one attached hydrogen (secondary N) is 2. The molecule has 1 aliphatic heterocycles. The fraction of sp³-hybridized carbons (Fsp3) is 0.394. The smallest absolute Gasteiger partial charge is 0.251 e. The molecule has 1 aliphatic rings. The Morgan fingerprint density at radius 2 is 1.83 bits per heavy atom. The van der Waals surface area contributed by atoms with Gasteiger partial charge in [0, 0.05) is 42.4 Å². The summed E-state index contributed by atoms with van der Waals surface area (Å²) in [5.74, 6) is 0.978. The van der Waals surface area contributed by atoms with Gasteiger partial charge >= 0.3 is 0 Å². The number of methoxy groups -OCH3 is 1. The van der Waals surface area contributed by atoms with E-state index in [1.54, 1.807) is 30.2 Å². The molecule has 3 N–H and O–H groups in total. The Balaban J connectivity index is 1.54. The highest BCUT2D eigenvalue weighted by Gasteiger charge is 2.28. The molecule has 1 heterocycles. The molecule has 0 aliphatic carbocycles. The number of benzene rings is 3. The zero-order chi connectivity index (χ0) is 29.4. The van der Waals surface area contributed by atoms with Gasteiger partial charge in [-0.3, -0.25) is 9.59 Å². The van der Waals surface area contributed by atoms with E-state index in [-0.39, 0.29) is 18.4 Å². The Morgan fingerprint density at radius 1 is 1.05 bits per heavy atom. The largest absolute Gasteiger partial charge is 0.497 e. The number of carbonyl (C=O) groups is 2. The van der Waals surface area contributed by atoms with Crippen LogP contribution in [0.1, 0.15) is 55.1 Å². The SMILES string of the molecule is CCOc1cc(C(=O)N[C@@H](Cc2ccccc2)[C@@H](O)CNC(C)(C)c2cccc(OC)c2)cc(N2CCCC2=O)c1. The van der Waals surface area contributed by atoms with Crippen molar-refractivity contribution in [1.29, 1.82) is 0 Å². The van der Waals surface area contributed by atoms with Crippen molar-refractivity contribution in [3.05, 3.63) is 89.5 Å². The van der Waals surface area contributed by atoms with Crippen molar-refractivity contribution >= 4 is 17.5 Å². The number of hydrogen-bond donors (Lipinski definition) is 3. The lowest BCUT2D eigenvalue weighted by Gasteiger charge is -2.31. The van der Waals surface area contributed by atoms with E-state index in [2.05, 4.69) is 10.6 Å². The molecule has 218 valence electrons. The first kappa shape index (κ1) is 30.1. The normalized spacial score (nSPS) is 15.0. The van der Waals surface area contributed by atoms with Crippen LogP contribution in [0.5, 0.6) is 11.5 Å². The van der Waals surface area contributed by atoms with E-state index in [1.807, 2.05) is 75.4 Å². The Labute approximate surface area is 242 Å². The first-order chi connectivity index (χ1) is 19.7. The van der Waals surface area contributed by atoms with Gasteiger partial charge < -0.3 is 30.1 Å². The summed E-state index contributed by atoms with van der Waals surface area (Å²) in [4.78, 5) is 27.8. The molecule has 0 unspecified atom stereocenters. The van der Waals surface area contributed by atoms with Gasteiger partial charge in [0.05, 0.1) is 25.9 Å². The Hall–Kier alpha value is -3.88. The van der Waals surface area contributed by atoms with Crippen LogP contribution in [0.15, 0.2) is 72.8 Å². The third-order valence-corrected chi connectivity index (χ3v) is 7.47. The minimum absolute atomic E-state index is 0.0344. The molecule has 8 nitrogen and oxygen atoms in total. The van der Waals surface area contributed by atoms with E-state index < -0.39 is 17.7 Å². The summed E-state index contributed by atoms with van der Waals surface area (Å²) in [6.45, 7) is 7.25. The molecule has 41 heavy (non-hydrogen) atoms. The maximum absolute atomic E-state index is 13.6. The van der Waals surface area contributed by atoms with Gasteiger partial charge in [-0.1, -0.05) is 42.5 Å². The van der Waals surface area contributed by atoms with Gasteiger partial charge in [0.25, 0.3) is 5.91 Å². The van der Waals surface area contributed by atoms with E-state index in [9.17, 15) is 14.7 Å². The van der Waals surface area contributed by atoms with E-state index in [0.717, 1.165) is 23.3 Å². The van der Waals surface area contributed by atoms with Crippen molar-refractivity contribution in [1.82, 2.24) is 10.6 Å². The number of aliphatic hydroxyl groups is 1. The molecule has 8 heteroatoms. The van der Waals surface area contributed by atoms with Crippen molar-refractivity contribution in [2.45, 2.75) is 57.7 Å². The van der Waals surface area contributed by atoms with E-state index in [1.165, 1.54) is 0 Å². The minimum Gasteiger partial charge on any atom is -0.497 e. The van der Waals surface area contributed by atoms with Crippen LogP contribution in [-0.2, 0) is 16.8 Å². The lowest BCUT2D eigenvalue weighted by molar-refractivity contribution is -0.117. The molecule has 1 saturated heterocycles. The second kappa shape index (κ2) is 13.7. The molecule has 2 atom stereocenters. The standard InChI is InChI=1S/C33H41N3O5/c1-5-41-28-19-24(18-26(21-28)36-16-10-15-31(36)38)32(39)35-29(17-23-11-7-6-8-12-23)30(37)22-34-33(2,3)25-13-9-14-27(20-25)40-4/h6-9,11-14,18-21,29-30,34,37H,5,10,15-17,22H2,1-4H3,(H,35,39)/t29-,30-/m0/s1. The van der Waals surface area contributed by atoms with Crippen LogP contribution in [-0.4, -0.2) is 55.9 Å². The highest BCUT2D eigenvalue weighted by molar-refractivity contribution is 5.99. The summed E-state index contributed by atoms with van der Waals surface area (Å²) in [5, 5.41) is 17.9. The van der Waals surface area contributed by atoms with E-state index in [0.29, 0.717) is 43.0 Å². The summed E-state index contributed by atoms with van der Waals surface area (Å²) in [6.07, 6.45) is 0.824. The molecule has 0 aromatic heterocycles. The molecule has 0 bridgehead atoms. The van der Waals surface area contributed by atoms with Crippen molar-refractivity contribution in [2.75, 3.05) is 31.7 Å². The van der Waals surface area contributed by atoms with E-state index >= 15 is 0 Å². The van der Waals surface area contributed by atoms with Gasteiger partial charge in [-0.15, -0.1) is 0 Å². The van der Waals surface area contributed by atoms with Gasteiger partial charge in [-0.05, 0) is 69.0 Å². The second-order valence-electron chi connectivity index (χ2n) is 10.9. The molecule has 3 aromatic carbocycles. The zero-order valence-corrected chi connectivity index (χ0v) is 24.4. The molecule has 2 amide bonds. The zero-order valence-electron chi connectivity index (χ0n) is 24.4. The molecular formula is C33H41N3O5. The van der Waals surface area contributed by atoms with Gasteiger partial charge in [0.1, 0.15) is 11.5 Å². The van der Waals surface area contributed by atoms with Crippen LogP contribution in [0, 0.1) is 0 Å². The maximum atomic E-state index is 13.6.